The van der Waals surface area contributed by atoms with Crippen molar-refractivity contribution in [2.75, 3.05) is 17.2 Å². The first-order valence-corrected chi connectivity index (χ1v) is 5.79. The summed E-state index contributed by atoms with van der Waals surface area (Å²) in [6, 6.07) is 5.70. The number of hydrogen-bond acceptors (Lipinski definition) is 6. The van der Waals surface area contributed by atoms with E-state index in [-0.39, 0.29) is 5.95 Å². The molecule has 0 saturated carbocycles. The van der Waals surface area contributed by atoms with Crippen LogP contribution in [-0.4, -0.2) is 43.9 Å². The Bertz CT molecular complexity index is 638. The Hall–Kier alpha value is -3.17. The average Bonchev–Trinajstić information content (AvgIpc) is 2.83. The molecule has 0 radical (unpaired) electrons. The number of tetrazole rings is 1. The zero-order valence-electron chi connectivity index (χ0n) is 11.0. The van der Waals surface area contributed by atoms with Crippen LogP contribution in [0.1, 0.15) is 0 Å². The molecule has 0 fully saturated rings. The second-order valence-electron chi connectivity index (χ2n) is 3.89. The van der Waals surface area contributed by atoms with Gasteiger partial charge in [0.25, 0.3) is 5.95 Å². The highest BCUT2D eigenvalue weighted by molar-refractivity contribution is 5.98. The molecule has 3 N–H and O–H groups in total. The van der Waals surface area contributed by atoms with E-state index in [4.69, 9.17) is 9.84 Å². The lowest BCUT2D eigenvalue weighted by Gasteiger charge is -2.06. The van der Waals surface area contributed by atoms with Crippen LogP contribution in [0.2, 0.25) is 0 Å². The third-order valence-corrected chi connectivity index (χ3v) is 2.21. The number of benzene rings is 1. The summed E-state index contributed by atoms with van der Waals surface area (Å²) in [6.07, 6.45) is 0. The zero-order valence-corrected chi connectivity index (χ0v) is 11.0. The predicted octanol–water partition coefficient (Wildman–Crippen LogP) is 0.317. The molecular weight excluding hydrogens is 280 g/mol. The fraction of sp³-hybridized carbons (Fsp3) is 0.182. The van der Waals surface area contributed by atoms with Crippen LogP contribution >= 0.6 is 0 Å². The van der Waals surface area contributed by atoms with Crippen LogP contribution < -0.4 is 15.4 Å². The van der Waals surface area contributed by atoms with E-state index in [0.29, 0.717) is 11.4 Å². The van der Waals surface area contributed by atoms with Crippen molar-refractivity contribution in [2.45, 2.75) is 0 Å². The van der Waals surface area contributed by atoms with Crippen LogP contribution in [0, 0.1) is 0 Å². The molecule has 21 heavy (non-hydrogen) atoms. The molecule has 10 heteroatoms. The van der Waals surface area contributed by atoms with Crippen LogP contribution in [-0.2, 0) is 11.8 Å². The van der Waals surface area contributed by atoms with Gasteiger partial charge in [0.1, 0.15) is 5.75 Å². The molecule has 0 spiro atoms. The number of nitrogens with zero attached hydrogens (tertiary/aromatic N) is 4. The Morgan fingerprint density at radius 1 is 1.29 bits per heavy atom. The van der Waals surface area contributed by atoms with Gasteiger partial charge >= 0.3 is 12.0 Å². The monoisotopic (exact) mass is 292 g/mol. The molecule has 10 nitrogen and oxygen atoms in total. The molecular formula is C11H12N6O4. The van der Waals surface area contributed by atoms with Gasteiger partial charge < -0.3 is 15.2 Å². The molecule has 0 aliphatic heterocycles. The van der Waals surface area contributed by atoms with Crippen molar-refractivity contribution in [1.29, 1.82) is 0 Å². The minimum atomic E-state index is -1.06. The zero-order chi connectivity index (χ0) is 15.2. The van der Waals surface area contributed by atoms with Crippen LogP contribution in [0.25, 0.3) is 0 Å². The highest BCUT2D eigenvalue weighted by Gasteiger charge is 2.07. The van der Waals surface area contributed by atoms with Gasteiger partial charge in [-0.2, -0.15) is 4.80 Å². The summed E-state index contributed by atoms with van der Waals surface area (Å²) in [6.45, 7) is -0.425. The number of aromatic nitrogens is 4. The second kappa shape index (κ2) is 6.32. The predicted molar refractivity (Wildman–Crippen MR) is 71.0 cm³/mol. The lowest BCUT2D eigenvalue weighted by atomic mass is 10.3. The highest BCUT2D eigenvalue weighted by Crippen LogP contribution is 2.15. The molecule has 1 aromatic carbocycles. The molecule has 0 aliphatic rings. The van der Waals surface area contributed by atoms with Gasteiger partial charge in [-0.15, -0.1) is 5.10 Å². The molecule has 2 rings (SSSR count). The van der Waals surface area contributed by atoms with E-state index in [1.807, 2.05) is 0 Å². The molecule has 2 amide bonds. The molecule has 0 atom stereocenters. The fourth-order valence-corrected chi connectivity index (χ4v) is 1.38. The maximum Gasteiger partial charge on any atom is 0.341 e. The third kappa shape index (κ3) is 4.45. The standard InChI is InChI=1S/C11H12N6O4/c1-17-15-10(14-16-17)13-11(20)12-7-2-4-8(5-3-7)21-6-9(18)19/h2-5H,6H2,1H3,(H,18,19)(H2,12,13,15,20). The van der Waals surface area contributed by atoms with Crippen LogP contribution in [0.3, 0.4) is 0 Å². The van der Waals surface area contributed by atoms with E-state index in [0.717, 1.165) is 0 Å². The van der Waals surface area contributed by atoms with Gasteiger partial charge in [0.05, 0.1) is 7.05 Å². The van der Waals surface area contributed by atoms with Gasteiger partial charge in [-0.25, -0.2) is 9.59 Å². The molecule has 2 aromatic rings. The number of carboxylic acids is 1. The topological polar surface area (TPSA) is 131 Å². The second-order valence-corrected chi connectivity index (χ2v) is 3.89. The minimum absolute atomic E-state index is 0.0800. The summed E-state index contributed by atoms with van der Waals surface area (Å²) in [5.74, 6) is -0.594. The average molecular weight is 292 g/mol. The summed E-state index contributed by atoms with van der Waals surface area (Å²) in [7, 11) is 1.58. The normalized spacial score (nSPS) is 9.95. The summed E-state index contributed by atoms with van der Waals surface area (Å²) in [5, 5.41) is 24.4. The number of amides is 2. The Balaban J connectivity index is 1.87. The van der Waals surface area contributed by atoms with Crippen molar-refractivity contribution >= 4 is 23.6 Å². The van der Waals surface area contributed by atoms with Crippen molar-refractivity contribution in [3.8, 4) is 5.75 Å². The molecule has 1 heterocycles. The Morgan fingerprint density at radius 2 is 2.00 bits per heavy atom. The number of aryl methyl sites for hydroxylation is 1. The molecule has 110 valence electrons. The van der Waals surface area contributed by atoms with E-state index < -0.39 is 18.6 Å². The number of nitrogens with one attached hydrogen (secondary N) is 2. The SMILES string of the molecule is Cn1nnc(NC(=O)Nc2ccc(OCC(=O)O)cc2)n1. The van der Waals surface area contributed by atoms with Crippen LogP contribution in [0.4, 0.5) is 16.4 Å². The van der Waals surface area contributed by atoms with Crippen molar-refractivity contribution in [3.05, 3.63) is 24.3 Å². The van der Waals surface area contributed by atoms with E-state index in [9.17, 15) is 9.59 Å². The minimum Gasteiger partial charge on any atom is -0.482 e. The van der Waals surface area contributed by atoms with Gasteiger partial charge in [-0.3, -0.25) is 5.32 Å². The molecule has 0 saturated heterocycles. The summed E-state index contributed by atoms with van der Waals surface area (Å²) in [4.78, 5) is 23.2. The van der Waals surface area contributed by atoms with Crippen molar-refractivity contribution < 1.29 is 19.4 Å². The van der Waals surface area contributed by atoms with Crippen LogP contribution in [0.5, 0.6) is 5.75 Å². The molecule has 0 unspecified atom stereocenters. The smallest absolute Gasteiger partial charge is 0.341 e. The largest absolute Gasteiger partial charge is 0.482 e. The molecule has 1 aromatic heterocycles. The van der Waals surface area contributed by atoms with E-state index in [2.05, 4.69) is 26.0 Å². The first kappa shape index (κ1) is 14.2. The first-order chi connectivity index (χ1) is 10.0. The van der Waals surface area contributed by atoms with Crippen molar-refractivity contribution in [3.63, 3.8) is 0 Å². The lowest BCUT2D eigenvalue weighted by Crippen LogP contribution is -2.20. The van der Waals surface area contributed by atoms with E-state index in [1.165, 1.54) is 4.80 Å². The van der Waals surface area contributed by atoms with Crippen LogP contribution in [0.15, 0.2) is 24.3 Å². The number of carboxylic acid groups (broad SMARTS) is 1. The van der Waals surface area contributed by atoms with Crippen molar-refractivity contribution in [1.82, 2.24) is 20.2 Å². The third-order valence-electron chi connectivity index (χ3n) is 2.21. The van der Waals surface area contributed by atoms with E-state index in [1.54, 1.807) is 31.3 Å². The maximum atomic E-state index is 11.6. The number of carbonyl (C=O) groups excluding carboxylic acids is 1. The van der Waals surface area contributed by atoms with Gasteiger partial charge in [0.15, 0.2) is 6.61 Å². The first-order valence-electron chi connectivity index (χ1n) is 5.79. The van der Waals surface area contributed by atoms with Gasteiger partial charge in [0, 0.05) is 5.69 Å². The fourth-order valence-electron chi connectivity index (χ4n) is 1.38. The number of carbonyl (C=O) groups is 2. The summed E-state index contributed by atoms with van der Waals surface area (Å²) < 4.78 is 4.97. The number of hydrogen-bond donors (Lipinski definition) is 3. The summed E-state index contributed by atoms with van der Waals surface area (Å²) >= 11 is 0. The number of anilines is 2. The van der Waals surface area contributed by atoms with Gasteiger partial charge in [-0.1, -0.05) is 5.10 Å². The Morgan fingerprint density at radius 3 is 2.57 bits per heavy atom. The summed E-state index contributed by atoms with van der Waals surface area (Å²) in [5.41, 5.74) is 0.499. The number of ether oxygens (including phenoxy) is 1. The maximum absolute atomic E-state index is 11.6. The number of urea groups is 1. The molecule has 0 aliphatic carbocycles. The molecule has 0 bridgehead atoms. The Kier molecular flexibility index (Phi) is 4.29. The van der Waals surface area contributed by atoms with Gasteiger partial charge in [0.2, 0.25) is 0 Å². The van der Waals surface area contributed by atoms with E-state index >= 15 is 0 Å². The Labute approximate surface area is 118 Å². The highest BCUT2D eigenvalue weighted by atomic mass is 16.5. The number of aliphatic carboxylic acids is 1. The quantitative estimate of drug-likeness (QED) is 0.723. The van der Waals surface area contributed by atoms with Crippen molar-refractivity contribution in [2.24, 2.45) is 7.05 Å². The lowest BCUT2D eigenvalue weighted by molar-refractivity contribution is -0.139. The van der Waals surface area contributed by atoms with Gasteiger partial charge in [-0.05, 0) is 29.5 Å². The number of rotatable bonds is 5.